The summed E-state index contributed by atoms with van der Waals surface area (Å²) in [6.45, 7) is 4.64. The van der Waals surface area contributed by atoms with E-state index in [1.54, 1.807) is 0 Å². The first kappa shape index (κ1) is 11.7. The number of hydrogen-bond acceptors (Lipinski definition) is 1. The maximum Gasteiger partial charge on any atom is 0.0818 e. The number of aliphatic hydroxyl groups is 1. The Kier molecular flexibility index (Phi) is 3.65. The molecule has 0 amide bonds. The summed E-state index contributed by atoms with van der Waals surface area (Å²) in [6, 6.07) is 10.1. The second kappa shape index (κ2) is 5.01. The van der Waals surface area contributed by atoms with Gasteiger partial charge in [0.05, 0.1) is 6.10 Å². The van der Waals surface area contributed by atoms with Crippen LogP contribution < -0.4 is 0 Å². The van der Waals surface area contributed by atoms with E-state index < -0.39 is 0 Å². The van der Waals surface area contributed by atoms with Crippen LogP contribution in [-0.4, -0.2) is 5.11 Å². The van der Waals surface area contributed by atoms with Gasteiger partial charge in [-0.05, 0) is 36.2 Å². The maximum absolute atomic E-state index is 10.3. The van der Waals surface area contributed by atoms with Crippen molar-refractivity contribution in [2.45, 2.75) is 39.2 Å². The minimum atomic E-state index is -0.267. The summed E-state index contributed by atoms with van der Waals surface area (Å²) in [5.41, 5.74) is 1.08. The van der Waals surface area contributed by atoms with Crippen LogP contribution in [0, 0.1) is 17.8 Å². The largest absolute Gasteiger partial charge is 0.388 e. The molecule has 0 spiro atoms. The van der Waals surface area contributed by atoms with Gasteiger partial charge in [-0.1, -0.05) is 50.6 Å². The number of hydrogen-bond donors (Lipinski definition) is 1. The fourth-order valence-corrected chi connectivity index (χ4v) is 2.80. The highest BCUT2D eigenvalue weighted by molar-refractivity contribution is 5.18. The lowest BCUT2D eigenvalue weighted by molar-refractivity contribution is 0.0561. The predicted octanol–water partition coefficient (Wildman–Crippen LogP) is 3.79. The van der Waals surface area contributed by atoms with E-state index in [1.807, 2.05) is 30.3 Å². The van der Waals surface area contributed by atoms with Gasteiger partial charge in [-0.25, -0.2) is 0 Å². The lowest BCUT2D eigenvalue weighted by Crippen LogP contribution is -2.25. The highest BCUT2D eigenvalue weighted by Crippen LogP contribution is 2.39. The third-order valence-electron chi connectivity index (χ3n) is 4.23. The molecule has 16 heavy (non-hydrogen) atoms. The minimum absolute atomic E-state index is 0.267. The van der Waals surface area contributed by atoms with Crippen LogP contribution in [0.15, 0.2) is 30.3 Å². The molecule has 1 aromatic rings. The molecule has 0 radical (unpaired) electrons. The van der Waals surface area contributed by atoms with E-state index in [4.69, 9.17) is 0 Å². The topological polar surface area (TPSA) is 20.2 Å². The molecule has 2 rings (SSSR count). The lowest BCUT2D eigenvalue weighted by atomic mass is 9.73. The molecular weight excluding hydrogens is 196 g/mol. The predicted molar refractivity (Wildman–Crippen MR) is 67.1 cm³/mol. The average molecular weight is 218 g/mol. The van der Waals surface area contributed by atoms with Crippen LogP contribution in [0.1, 0.15) is 44.8 Å². The molecule has 1 saturated carbocycles. The Labute approximate surface area is 98.5 Å². The second-order valence-corrected chi connectivity index (χ2v) is 5.38. The Bertz CT molecular complexity index is 319. The third kappa shape index (κ3) is 2.46. The summed E-state index contributed by atoms with van der Waals surface area (Å²) in [4.78, 5) is 0. The third-order valence-corrected chi connectivity index (χ3v) is 4.23. The SMILES string of the molecule is CC1CCC(C(O)c2ccccc2)CC1C. The Hall–Kier alpha value is -0.820. The van der Waals surface area contributed by atoms with E-state index in [1.165, 1.54) is 12.8 Å². The molecule has 1 N–H and O–H groups in total. The van der Waals surface area contributed by atoms with Crippen molar-refractivity contribution >= 4 is 0 Å². The van der Waals surface area contributed by atoms with Crippen LogP contribution in [0.2, 0.25) is 0 Å². The summed E-state index contributed by atoms with van der Waals surface area (Å²) in [7, 11) is 0. The molecule has 0 heterocycles. The molecule has 0 bridgehead atoms. The van der Waals surface area contributed by atoms with Crippen molar-refractivity contribution in [1.82, 2.24) is 0 Å². The van der Waals surface area contributed by atoms with Crippen LogP contribution in [0.5, 0.6) is 0 Å². The van der Waals surface area contributed by atoms with Gasteiger partial charge in [0.25, 0.3) is 0 Å². The van der Waals surface area contributed by atoms with E-state index in [2.05, 4.69) is 13.8 Å². The minimum Gasteiger partial charge on any atom is -0.388 e. The van der Waals surface area contributed by atoms with E-state index in [-0.39, 0.29) is 6.10 Å². The summed E-state index contributed by atoms with van der Waals surface area (Å²) >= 11 is 0. The van der Waals surface area contributed by atoms with Gasteiger partial charge in [0.1, 0.15) is 0 Å². The number of aliphatic hydroxyl groups excluding tert-OH is 1. The van der Waals surface area contributed by atoms with Crippen molar-refractivity contribution in [3.8, 4) is 0 Å². The zero-order valence-corrected chi connectivity index (χ0v) is 10.3. The standard InChI is InChI=1S/C15H22O/c1-11-8-9-14(10-12(11)2)15(16)13-6-4-3-5-7-13/h3-7,11-12,14-16H,8-10H2,1-2H3. The molecule has 4 atom stereocenters. The first-order valence-corrected chi connectivity index (χ1v) is 6.41. The molecule has 1 fully saturated rings. The first-order chi connectivity index (χ1) is 7.68. The molecule has 1 aromatic carbocycles. The summed E-state index contributed by atoms with van der Waals surface area (Å²) < 4.78 is 0. The van der Waals surface area contributed by atoms with Crippen LogP contribution in [-0.2, 0) is 0 Å². The fraction of sp³-hybridized carbons (Fsp3) is 0.600. The Morgan fingerprint density at radius 3 is 2.38 bits per heavy atom. The molecular formula is C15H22O. The molecule has 4 unspecified atom stereocenters. The van der Waals surface area contributed by atoms with Gasteiger partial charge in [0.15, 0.2) is 0 Å². The molecule has 1 nitrogen and oxygen atoms in total. The molecule has 0 saturated heterocycles. The molecule has 1 heteroatoms. The van der Waals surface area contributed by atoms with Crippen LogP contribution in [0.4, 0.5) is 0 Å². The first-order valence-electron chi connectivity index (χ1n) is 6.41. The molecule has 1 aliphatic rings. The zero-order chi connectivity index (χ0) is 11.5. The Balaban J connectivity index is 2.03. The van der Waals surface area contributed by atoms with Gasteiger partial charge >= 0.3 is 0 Å². The zero-order valence-electron chi connectivity index (χ0n) is 10.3. The second-order valence-electron chi connectivity index (χ2n) is 5.38. The van der Waals surface area contributed by atoms with Gasteiger partial charge in [0.2, 0.25) is 0 Å². The van der Waals surface area contributed by atoms with E-state index in [9.17, 15) is 5.11 Å². The highest BCUT2D eigenvalue weighted by Gasteiger charge is 2.29. The Morgan fingerprint density at radius 2 is 1.75 bits per heavy atom. The quantitative estimate of drug-likeness (QED) is 0.800. The molecule has 0 aromatic heterocycles. The van der Waals surface area contributed by atoms with Crippen molar-refractivity contribution in [3.05, 3.63) is 35.9 Å². The van der Waals surface area contributed by atoms with Gasteiger partial charge in [-0.2, -0.15) is 0 Å². The summed E-state index contributed by atoms with van der Waals surface area (Å²) in [5.74, 6) is 2.02. The molecule has 88 valence electrons. The average Bonchev–Trinajstić information content (AvgIpc) is 2.33. The van der Waals surface area contributed by atoms with Gasteiger partial charge in [0, 0.05) is 0 Å². The van der Waals surface area contributed by atoms with Gasteiger partial charge in [-0.3, -0.25) is 0 Å². The van der Waals surface area contributed by atoms with Crippen molar-refractivity contribution < 1.29 is 5.11 Å². The monoisotopic (exact) mass is 218 g/mol. The van der Waals surface area contributed by atoms with Crippen molar-refractivity contribution in [1.29, 1.82) is 0 Å². The van der Waals surface area contributed by atoms with Crippen molar-refractivity contribution in [3.63, 3.8) is 0 Å². The van der Waals surface area contributed by atoms with E-state index >= 15 is 0 Å². The van der Waals surface area contributed by atoms with Crippen molar-refractivity contribution in [2.24, 2.45) is 17.8 Å². The van der Waals surface area contributed by atoms with E-state index in [0.717, 1.165) is 23.8 Å². The normalized spacial score (nSPS) is 32.3. The number of benzene rings is 1. The highest BCUT2D eigenvalue weighted by atomic mass is 16.3. The molecule has 0 aliphatic heterocycles. The summed E-state index contributed by atoms with van der Waals surface area (Å²) in [6.07, 6.45) is 3.32. The number of rotatable bonds is 2. The van der Waals surface area contributed by atoms with E-state index in [0.29, 0.717) is 5.92 Å². The fourth-order valence-electron chi connectivity index (χ4n) is 2.80. The maximum atomic E-state index is 10.3. The van der Waals surface area contributed by atoms with Gasteiger partial charge < -0.3 is 5.11 Å². The Morgan fingerprint density at radius 1 is 1.06 bits per heavy atom. The van der Waals surface area contributed by atoms with Gasteiger partial charge in [-0.15, -0.1) is 0 Å². The van der Waals surface area contributed by atoms with Crippen LogP contribution in [0.25, 0.3) is 0 Å². The smallest absolute Gasteiger partial charge is 0.0818 e. The summed E-state index contributed by atoms with van der Waals surface area (Å²) in [5, 5.41) is 10.3. The van der Waals surface area contributed by atoms with Crippen LogP contribution in [0.3, 0.4) is 0 Å². The van der Waals surface area contributed by atoms with Crippen molar-refractivity contribution in [2.75, 3.05) is 0 Å². The molecule has 1 aliphatic carbocycles. The lowest BCUT2D eigenvalue weighted by Gasteiger charge is -2.34. The van der Waals surface area contributed by atoms with Crippen LogP contribution >= 0.6 is 0 Å².